The van der Waals surface area contributed by atoms with Gasteiger partial charge in [-0.25, -0.2) is 4.79 Å². The van der Waals surface area contributed by atoms with E-state index in [4.69, 9.17) is 18.9 Å². The molecule has 1 aromatic rings. The average Bonchev–Trinajstić information content (AvgIpc) is 2.77. The fourth-order valence-corrected chi connectivity index (χ4v) is 3.89. The first-order valence-electron chi connectivity index (χ1n) is 10.8. The molecule has 1 aromatic carbocycles. The molecular weight excluding hydrogens is 475 g/mol. The van der Waals surface area contributed by atoms with Crippen LogP contribution in [0.1, 0.15) is 39.2 Å². The van der Waals surface area contributed by atoms with Crippen molar-refractivity contribution < 1.29 is 51.2 Å². The summed E-state index contributed by atoms with van der Waals surface area (Å²) in [6.07, 6.45) is -7.40. The van der Waals surface area contributed by atoms with Crippen LogP contribution < -0.4 is 9.47 Å². The number of hydrogen-bond acceptors (Lipinski definition) is 9. The standard InChI is InChI=1S/C23H24F3NO8/c1-5-31-20(29)16-11(3)27-14(10-33-12(4)28)18(21(30)32-6-2)17(16)13-8-7-9-15-19(13)34-22(24)23(25,26)35-15/h7-9,16-17,22H,5-6,10H2,1-4H3. The molecule has 0 saturated carbocycles. The molecule has 0 spiro atoms. The van der Waals surface area contributed by atoms with Crippen LogP contribution in [0.15, 0.2) is 34.5 Å². The highest BCUT2D eigenvalue weighted by molar-refractivity contribution is 6.07. The van der Waals surface area contributed by atoms with Crippen molar-refractivity contribution in [3.05, 3.63) is 35.0 Å². The molecule has 2 heterocycles. The van der Waals surface area contributed by atoms with Crippen LogP contribution in [0, 0.1) is 5.92 Å². The maximum atomic E-state index is 14.1. The van der Waals surface area contributed by atoms with Crippen LogP contribution in [-0.2, 0) is 28.6 Å². The third-order valence-electron chi connectivity index (χ3n) is 5.24. The molecule has 0 aliphatic carbocycles. The SMILES string of the molecule is CCOC(=O)C1=C(COC(C)=O)N=C(C)C(C(=O)OCC)C1c1cccc2c1OC(F)C(F)(F)O2. The average molecular weight is 499 g/mol. The van der Waals surface area contributed by atoms with Gasteiger partial charge in [-0.2, -0.15) is 13.2 Å². The van der Waals surface area contributed by atoms with Gasteiger partial charge in [0.05, 0.1) is 24.5 Å². The Bertz CT molecular complexity index is 1080. The van der Waals surface area contributed by atoms with Crippen molar-refractivity contribution in [2.75, 3.05) is 19.8 Å². The first kappa shape index (κ1) is 26.0. The van der Waals surface area contributed by atoms with Crippen molar-refractivity contribution >= 4 is 23.6 Å². The molecule has 3 atom stereocenters. The maximum absolute atomic E-state index is 14.1. The van der Waals surface area contributed by atoms with E-state index in [0.717, 1.165) is 13.0 Å². The number of benzene rings is 1. The van der Waals surface area contributed by atoms with E-state index in [2.05, 4.69) is 9.73 Å². The van der Waals surface area contributed by atoms with E-state index in [1.54, 1.807) is 13.8 Å². The number of carbonyl (C=O) groups is 3. The van der Waals surface area contributed by atoms with Gasteiger partial charge in [-0.3, -0.25) is 14.6 Å². The van der Waals surface area contributed by atoms with E-state index >= 15 is 0 Å². The predicted molar refractivity (Wildman–Crippen MR) is 114 cm³/mol. The minimum absolute atomic E-state index is 0.000618. The second kappa shape index (κ2) is 10.4. The van der Waals surface area contributed by atoms with Gasteiger partial charge in [0, 0.05) is 24.1 Å². The Morgan fingerprint density at radius 1 is 1.11 bits per heavy atom. The molecule has 0 N–H and O–H groups in total. The summed E-state index contributed by atoms with van der Waals surface area (Å²) in [6, 6.07) is 3.83. The molecule has 2 aliphatic rings. The van der Waals surface area contributed by atoms with E-state index in [0.29, 0.717) is 0 Å². The Balaban J connectivity index is 2.27. The molecule has 0 saturated heterocycles. The number of nitrogens with zero attached hydrogens (tertiary/aromatic N) is 1. The molecule has 190 valence electrons. The minimum atomic E-state index is -4.25. The van der Waals surface area contributed by atoms with Crippen LogP contribution in [0.25, 0.3) is 0 Å². The zero-order chi connectivity index (χ0) is 25.9. The Kier molecular flexibility index (Phi) is 7.71. The smallest absolute Gasteiger partial charge is 0.465 e. The quantitative estimate of drug-likeness (QED) is 0.415. The normalized spacial score (nSPS) is 22.7. The van der Waals surface area contributed by atoms with Crippen LogP contribution >= 0.6 is 0 Å². The van der Waals surface area contributed by atoms with Crippen molar-refractivity contribution in [1.82, 2.24) is 0 Å². The van der Waals surface area contributed by atoms with Gasteiger partial charge in [-0.15, -0.1) is 0 Å². The third kappa shape index (κ3) is 5.25. The lowest BCUT2D eigenvalue weighted by molar-refractivity contribution is -0.281. The second-order valence-corrected chi connectivity index (χ2v) is 7.59. The van der Waals surface area contributed by atoms with Gasteiger partial charge in [0.2, 0.25) is 0 Å². The van der Waals surface area contributed by atoms with E-state index in [1.807, 2.05) is 0 Å². The number of carbonyl (C=O) groups excluding carboxylic acids is 3. The van der Waals surface area contributed by atoms with Crippen molar-refractivity contribution in [2.24, 2.45) is 10.9 Å². The summed E-state index contributed by atoms with van der Waals surface area (Å²) in [5.41, 5.74) is -0.0592. The number of aliphatic imine (C=N–C) groups is 1. The lowest BCUT2D eigenvalue weighted by atomic mass is 9.75. The summed E-state index contributed by atoms with van der Waals surface area (Å²) < 4.78 is 66.5. The highest BCUT2D eigenvalue weighted by atomic mass is 19.3. The van der Waals surface area contributed by atoms with Gasteiger partial charge in [0.15, 0.2) is 11.5 Å². The molecule has 3 unspecified atom stereocenters. The molecule has 0 radical (unpaired) electrons. The molecule has 9 nitrogen and oxygen atoms in total. The zero-order valence-corrected chi connectivity index (χ0v) is 19.4. The lowest BCUT2D eigenvalue weighted by Crippen LogP contribution is -2.44. The Morgan fingerprint density at radius 3 is 2.43 bits per heavy atom. The Hall–Kier alpha value is -3.57. The maximum Gasteiger partial charge on any atom is 0.468 e. The van der Waals surface area contributed by atoms with Gasteiger partial charge in [-0.1, -0.05) is 12.1 Å². The van der Waals surface area contributed by atoms with Gasteiger partial charge < -0.3 is 23.7 Å². The van der Waals surface area contributed by atoms with E-state index in [-0.39, 0.29) is 35.8 Å². The number of fused-ring (bicyclic) bond motifs is 1. The minimum Gasteiger partial charge on any atom is -0.465 e. The van der Waals surface area contributed by atoms with Crippen molar-refractivity contribution in [2.45, 2.75) is 46.1 Å². The molecule has 0 bridgehead atoms. The fourth-order valence-electron chi connectivity index (χ4n) is 3.89. The van der Waals surface area contributed by atoms with Crippen molar-refractivity contribution in [3.8, 4) is 11.5 Å². The highest BCUT2D eigenvalue weighted by Crippen LogP contribution is 2.50. The first-order valence-corrected chi connectivity index (χ1v) is 10.8. The van der Waals surface area contributed by atoms with Crippen LogP contribution in [0.2, 0.25) is 0 Å². The van der Waals surface area contributed by atoms with Crippen LogP contribution in [0.5, 0.6) is 11.5 Å². The van der Waals surface area contributed by atoms with Crippen LogP contribution in [-0.4, -0.2) is 55.9 Å². The monoisotopic (exact) mass is 499 g/mol. The second-order valence-electron chi connectivity index (χ2n) is 7.59. The first-order chi connectivity index (χ1) is 16.5. The van der Waals surface area contributed by atoms with Gasteiger partial charge in [-0.05, 0) is 26.8 Å². The van der Waals surface area contributed by atoms with Crippen LogP contribution in [0.4, 0.5) is 13.2 Å². The van der Waals surface area contributed by atoms with E-state index in [9.17, 15) is 27.6 Å². The zero-order valence-electron chi connectivity index (χ0n) is 19.4. The highest BCUT2D eigenvalue weighted by Gasteiger charge is 2.52. The fraction of sp³-hybridized carbons (Fsp3) is 0.478. The Morgan fingerprint density at radius 2 is 1.80 bits per heavy atom. The number of ether oxygens (including phenoxy) is 5. The molecule has 3 rings (SSSR count). The predicted octanol–water partition coefficient (Wildman–Crippen LogP) is 3.46. The molecule has 0 amide bonds. The van der Waals surface area contributed by atoms with E-state index in [1.165, 1.54) is 19.1 Å². The number of para-hydroxylation sites is 1. The molecule has 12 heteroatoms. The largest absolute Gasteiger partial charge is 0.468 e. The number of esters is 3. The number of halogens is 3. The summed E-state index contributed by atoms with van der Waals surface area (Å²) in [7, 11) is 0. The van der Waals surface area contributed by atoms with Gasteiger partial charge in [0.25, 0.3) is 0 Å². The van der Waals surface area contributed by atoms with E-state index < -0.39 is 60.3 Å². The third-order valence-corrected chi connectivity index (χ3v) is 5.24. The molecular formula is C23H24F3NO8. The van der Waals surface area contributed by atoms with Gasteiger partial charge in [0.1, 0.15) is 12.5 Å². The summed E-state index contributed by atoms with van der Waals surface area (Å²) >= 11 is 0. The van der Waals surface area contributed by atoms with Crippen molar-refractivity contribution in [3.63, 3.8) is 0 Å². The van der Waals surface area contributed by atoms with Crippen molar-refractivity contribution in [1.29, 1.82) is 0 Å². The van der Waals surface area contributed by atoms with Crippen LogP contribution in [0.3, 0.4) is 0 Å². The lowest BCUT2D eigenvalue weighted by Gasteiger charge is -2.35. The molecule has 0 aromatic heterocycles. The topological polar surface area (TPSA) is 110 Å². The molecule has 0 fully saturated rings. The Labute approximate surface area is 198 Å². The summed E-state index contributed by atoms with van der Waals surface area (Å²) in [4.78, 5) is 41.8. The number of hydrogen-bond donors (Lipinski definition) is 0. The van der Waals surface area contributed by atoms with Gasteiger partial charge >= 0.3 is 30.4 Å². The number of rotatable bonds is 7. The summed E-state index contributed by atoms with van der Waals surface area (Å²) in [5.74, 6) is -5.75. The molecule has 35 heavy (non-hydrogen) atoms. The molecule has 2 aliphatic heterocycles. The summed E-state index contributed by atoms with van der Waals surface area (Å²) in [6.45, 7) is 5.28. The number of alkyl halides is 3. The summed E-state index contributed by atoms with van der Waals surface area (Å²) in [5, 5.41) is 0.